The molecule has 0 spiro atoms. The van der Waals surface area contributed by atoms with Crippen LogP contribution < -0.4 is 19.5 Å². The first-order valence-electron chi connectivity index (χ1n) is 9.53. The molecule has 1 aliphatic carbocycles. The summed E-state index contributed by atoms with van der Waals surface area (Å²) in [6.45, 7) is 0.208. The second-order valence-electron chi connectivity index (χ2n) is 7.18. The summed E-state index contributed by atoms with van der Waals surface area (Å²) in [5.74, 6) is 1.26. The molecule has 0 aromatic heterocycles. The highest BCUT2D eigenvalue weighted by atomic mass is 16.5. The monoisotopic (exact) mass is 397 g/mol. The van der Waals surface area contributed by atoms with Gasteiger partial charge in [0.2, 0.25) is 11.7 Å². The van der Waals surface area contributed by atoms with Crippen LogP contribution in [0.1, 0.15) is 23.1 Å². The van der Waals surface area contributed by atoms with Crippen LogP contribution in [0.3, 0.4) is 0 Å². The molecule has 6 heteroatoms. The second-order valence-corrected chi connectivity index (χ2v) is 7.18. The third-order valence-corrected chi connectivity index (χ3v) is 5.20. The molecule has 1 atom stereocenters. The van der Waals surface area contributed by atoms with Gasteiger partial charge in [-0.15, -0.1) is 0 Å². The van der Waals surface area contributed by atoms with Crippen LogP contribution in [0.2, 0.25) is 0 Å². The Kier molecular flexibility index (Phi) is 6.44. The van der Waals surface area contributed by atoms with E-state index in [4.69, 9.17) is 14.2 Å². The summed E-state index contributed by atoms with van der Waals surface area (Å²) in [7, 11) is 4.62. The summed E-state index contributed by atoms with van der Waals surface area (Å²) in [5, 5.41) is 13.7. The van der Waals surface area contributed by atoms with Gasteiger partial charge in [0.15, 0.2) is 11.5 Å². The molecule has 2 aromatic rings. The van der Waals surface area contributed by atoms with E-state index >= 15 is 0 Å². The molecule has 154 valence electrons. The van der Waals surface area contributed by atoms with E-state index in [-0.39, 0.29) is 12.5 Å². The van der Waals surface area contributed by atoms with Crippen molar-refractivity contribution in [1.82, 2.24) is 5.32 Å². The van der Waals surface area contributed by atoms with Gasteiger partial charge in [0.25, 0.3) is 0 Å². The number of benzene rings is 2. The molecular formula is C23H27NO5. The smallest absolute Gasteiger partial charge is 0.244 e. The average Bonchev–Trinajstić information content (AvgIpc) is 2.75. The van der Waals surface area contributed by atoms with Gasteiger partial charge in [-0.25, -0.2) is 0 Å². The highest BCUT2D eigenvalue weighted by molar-refractivity contribution is 5.92. The summed E-state index contributed by atoms with van der Waals surface area (Å²) in [4.78, 5) is 12.3. The Bertz CT molecular complexity index is 883. The molecule has 0 fully saturated rings. The number of nitrogens with one attached hydrogen (secondary N) is 1. The average molecular weight is 397 g/mol. The van der Waals surface area contributed by atoms with Crippen molar-refractivity contribution in [3.8, 4) is 17.2 Å². The zero-order valence-corrected chi connectivity index (χ0v) is 17.0. The van der Waals surface area contributed by atoms with Gasteiger partial charge in [-0.05, 0) is 47.7 Å². The summed E-state index contributed by atoms with van der Waals surface area (Å²) >= 11 is 0. The molecule has 1 aliphatic rings. The van der Waals surface area contributed by atoms with Crippen molar-refractivity contribution in [1.29, 1.82) is 0 Å². The third kappa shape index (κ3) is 4.90. The van der Waals surface area contributed by atoms with Gasteiger partial charge in [0.05, 0.1) is 26.9 Å². The molecule has 1 amide bonds. The van der Waals surface area contributed by atoms with E-state index in [1.54, 1.807) is 32.4 Å². The van der Waals surface area contributed by atoms with Crippen molar-refractivity contribution >= 4 is 12.0 Å². The minimum Gasteiger partial charge on any atom is -0.493 e. The maximum absolute atomic E-state index is 12.3. The number of hydrogen-bond acceptors (Lipinski definition) is 5. The van der Waals surface area contributed by atoms with Gasteiger partial charge in [0.1, 0.15) is 0 Å². The molecule has 2 aromatic carbocycles. The molecule has 29 heavy (non-hydrogen) atoms. The Morgan fingerprint density at radius 1 is 1.10 bits per heavy atom. The molecule has 0 bridgehead atoms. The van der Waals surface area contributed by atoms with Crippen molar-refractivity contribution in [3.63, 3.8) is 0 Å². The molecular weight excluding hydrogens is 370 g/mol. The first-order chi connectivity index (χ1) is 14.0. The maximum atomic E-state index is 12.3. The van der Waals surface area contributed by atoms with E-state index in [0.717, 1.165) is 17.5 Å². The van der Waals surface area contributed by atoms with Gasteiger partial charge >= 0.3 is 0 Å². The lowest BCUT2D eigenvalue weighted by atomic mass is 9.80. The number of aliphatic hydroxyl groups is 1. The Morgan fingerprint density at radius 3 is 2.38 bits per heavy atom. The van der Waals surface area contributed by atoms with Gasteiger partial charge in [0, 0.05) is 19.0 Å². The molecule has 2 N–H and O–H groups in total. The van der Waals surface area contributed by atoms with Crippen molar-refractivity contribution < 1.29 is 24.1 Å². The minimum absolute atomic E-state index is 0.208. The predicted octanol–water partition coefficient (Wildman–Crippen LogP) is 2.76. The van der Waals surface area contributed by atoms with Crippen molar-refractivity contribution in [2.75, 3.05) is 27.9 Å². The molecule has 0 saturated heterocycles. The van der Waals surface area contributed by atoms with E-state index in [1.165, 1.54) is 18.7 Å². The van der Waals surface area contributed by atoms with Gasteiger partial charge in [-0.2, -0.15) is 0 Å². The number of aryl methyl sites for hydroxylation is 1. The van der Waals surface area contributed by atoms with Gasteiger partial charge in [-0.3, -0.25) is 4.79 Å². The lowest BCUT2D eigenvalue weighted by Crippen LogP contribution is -2.46. The first kappa shape index (κ1) is 20.7. The maximum Gasteiger partial charge on any atom is 0.244 e. The third-order valence-electron chi connectivity index (χ3n) is 5.20. The molecule has 6 nitrogen and oxygen atoms in total. The topological polar surface area (TPSA) is 77.0 Å². The van der Waals surface area contributed by atoms with E-state index in [0.29, 0.717) is 30.1 Å². The minimum atomic E-state index is -0.926. The van der Waals surface area contributed by atoms with E-state index in [1.807, 2.05) is 18.2 Å². The van der Waals surface area contributed by atoms with E-state index in [9.17, 15) is 9.90 Å². The first-order valence-corrected chi connectivity index (χ1v) is 9.53. The van der Waals surface area contributed by atoms with Crippen LogP contribution in [0.15, 0.2) is 42.5 Å². The molecule has 3 rings (SSSR count). The largest absolute Gasteiger partial charge is 0.493 e. The quantitative estimate of drug-likeness (QED) is 0.703. The highest BCUT2D eigenvalue weighted by Gasteiger charge is 2.32. The number of methoxy groups -OCH3 is 3. The fourth-order valence-corrected chi connectivity index (χ4v) is 3.62. The molecule has 0 heterocycles. The number of fused-ring (bicyclic) bond motifs is 1. The zero-order chi connectivity index (χ0) is 20.9. The Labute approximate surface area is 171 Å². The van der Waals surface area contributed by atoms with Crippen LogP contribution >= 0.6 is 0 Å². The molecule has 0 saturated carbocycles. The number of ether oxygens (including phenoxy) is 3. The van der Waals surface area contributed by atoms with Gasteiger partial charge < -0.3 is 24.6 Å². The number of hydrogen-bond donors (Lipinski definition) is 2. The van der Waals surface area contributed by atoms with Crippen LogP contribution in [0, 0.1) is 0 Å². The SMILES string of the molecule is COc1cc(/C=C/C(=O)NCC2(O)CCc3ccccc3C2)cc(OC)c1OC. The summed E-state index contributed by atoms with van der Waals surface area (Å²) in [6, 6.07) is 11.6. The summed E-state index contributed by atoms with van der Waals surface area (Å²) in [6.07, 6.45) is 5.08. The summed E-state index contributed by atoms with van der Waals surface area (Å²) < 4.78 is 15.9. The van der Waals surface area contributed by atoms with Crippen LogP contribution in [-0.4, -0.2) is 44.5 Å². The Hall–Kier alpha value is -2.99. The van der Waals surface area contributed by atoms with Crippen LogP contribution in [0.4, 0.5) is 0 Å². The Morgan fingerprint density at radius 2 is 1.76 bits per heavy atom. The fraction of sp³-hybridized carbons (Fsp3) is 0.348. The fourth-order valence-electron chi connectivity index (χ4n) is 3.62. The second kappa shape index (κ2) is 9.01. The standard InChI is InChI=1S/C23H27NO5/c1-27-19-12-16(13-20(28-2)22(19)29-3)8-9-21(25)24-15-23(26)11-10-17-6-4-5-7-18(17)14-23/h4-9,12-13,26H,10-11,14-15H2,1-3H3,(H,24,25)/b9-8+. The predicted molar refractivity (Wildman–Crippen MR) is 112 cm³/mol. The molecule has 1 unspecified atom stereocenters. The highest BCUT2D eigenvalue weighted by Crippen LogP contribution is 2.38. The Balaban J connectivity index is 1.63. The lowest BCUT2D eigenvalue weighted by molar-refractivity contribution is -0.117. The van der Waals surface area contributed by atoms with Gasteiger partial charge in [-0.1, -0.05) is 24.3 Å². The van der Waals surface area contributed by atoms with Crippen molar-refractivity contribution in [2.45, 2.75) is 24.9 Å². The van der Waals surface area contributed by atoms with Crippen LogP contribution in [0.5, 0.6) is 17.2 Å². The lowest BCUT2D eigenvalue weighted by Gasteiger charge is -2.33. The molecule has 0 aliphatic heterocycles. The van der Waals surface area contributed by atoms with E-state index < -0.39 is 5.60 Å². The number of rotatable bonds is 7. The summed E-state index contributed by atoms with van der Waals surface area (Å²) in [5.41, 5.74) is 2.22. The van der Waals surface area contributed by atoms with Crippen LogP contribution in [0.25, 0.3) is 6.08 Å². The van der Waals surface area contributed by atoms with Crippen LogP contribution in [-0.2, 0) is 17.6 Å². The number of amides is 1. The number of carbonyl (C=O) groups is 1. The van der Waals surface area contributed by atoms with Crippen molar-refractivity contribution in [3.05, 3.63) is 59.2 Å². The number of carbonyl (C=O) groups excluding carboxylic acids is 1. The molecule has 0 radical (unpaired) electrons. The normalized spacial score (nSPS) is 18.2. The van der Waals surface area contributed by atoms with Crippen molar-refractivity contribution in [2.24, 2.45) is 0 Å². The van der Waals surface area contributed by atoms with E-state index in [2.05, 4.69) is 11.4 Å². The zero-order valence-electron chi connectivity index (χ0n) is 17.0.